The van der Waals surface area contributed by atoms with E-state index < -0.39 is 17.6 Å². The highest BCUT2D eigenvalue weighted by Crippen LogP contribution is 2.47. The summed E-state index contributed by atoms with van der Waals surface area (Å²) in [5.74, 6) is -0.726. The van der Waals surface area contributed by atoms with Gasteiger partial charge in [-0.2, -0.15) is 0 Å². The molecular weight excluding hydrogens is 274 g/mol. The average molecular weight is 291 g/mol. The van der Waals surface area contributed by atoms with Crippen molar-refractivity contribution in [2.75, 3.05) is 14.2 Å². The number of rotatable bonds is 2. The monoisotopic (exact) mass is 291 g/mol. The van der Waals surface area contributed by atoms with Gasteiger partial charge in [0.25, 0.3) is 0 Å². The van der Waals surface area contributed by atoms with E-state index in [-0.39, 0.29) is 11.8 Å². The lowest BCUT2D eigenvalue weighted by atomic mass is 9.75. The Kier molecular flexibility index (Phi) is 3.04. The Morgan fingerprint density at radius 2 is 2.19 bits per heavy atom. The van der Waals surface area contributed by atoms with E-state index in [2.05, 4.69) is 5.32 Å². The number of methoxy groups -OCH3 is 2. The average Bonchev–Trinajstić information content (AvgIpc) is 2.45. The predicted molar refractivity (Wildman–Crippen MR) is 73.0 cm³/mol. The Morgan fingerprint density at radius 3 is 2.86 bits per heavy atom. The van der Waals surface area contributed by atoms with Crippen LogP contribution in [0.4, 0.5) is 0 Å². The lowest BCUT2D eigenvalue weighted by molar-refractivity contribution is -0.158. The molecule has 0 saturated carbocycles. The molecule has 2 aliphatic rings. The van der Waals surface area contributed by atoms with Gasteiger partial charge in [-0.15, -0.1) is 0 Å². The number of piperidine rings is 1. The fraction of sp³-hybridized carbons (Fsp3) is 0.467. The SMILES string of the molecule is COC(=O)[C@@H]1C(=O)N[C@@]2(C)C[C@@H]1c1cc(OC)ccc1O2. The molecule has 2 bridgehead atoms. The summed E-state index contributed by atoms with van der Waals surface area (Å²) in [6.07, 6.45) is 0.513. The van der Waals surface area contributed by atoms with Crippen LogP contribution >= 0.6 is 0 Å². The van der Waals surface area contributed by atoms with Gasteiger partial charge in [0.2, 0.25) is 5.91 Å². The van der Waals surface area contributed by atoms with Crippen molar-refractivity contribution < 1.29 is 23.8 Å². The summed E-state index contributed by atoms with van der Waals surface area (Å²) in [5.41, 5.74) is 0.00509. The summed E-state index contributed by atoms with van der Waals surface area (Å²) in [5, 5.41) is 2.77. The molecule has 6 nitrogen and oxygen atoms in total. The van der Waals surface area contributed by atoms with Crippen LogP contribution in [0.15, 0.2) is 18.2 Å². The first-order chi connectivity index (χ1) is 9.97. The van der Waals surface area contributed by atoms with Crippen LogP contribution in [0.1, 0.15) is 24.8 Å². The van der Waals surface area contributed by atoms with Crippen LogP contribution < -0.4 is 14.8 Å². The summed E-state index contributed by atoms with van der Waals surface area (Å²) >= 11 is 0. The molecule has 3 atom stereocenters. The van der Waals surface area contributed by atoms with Crippen molar-refractivity contribution in [3.63, 3.8) is 0 Å². The molecule has 0 spiro atoms. The fourth-order valence-electron chi connectivity index (χ4n) is 3.14. The van der Waals surface area contributed by atoms with Crippen molar-refractivity contribution >= 4 is 11.9 Å². The minimum atomic E-state index is -0.863. The Labute approximate surface area is 122 Å². The zero-order chi connectivity index (χ0) is 15.2. The quantitative estimate of drug-likeness (QED) is 0.654. The fourth-order valence-corrected chi connectivity index (χ4v) is 3.14. The second-order valence-electron chi connectivity index (χ2n) is 5.54. The zero-order valence-corrected chi connectivity index (χ0v) is 12.1. The molecule has 1 aromatic carbocycles. The number of hydrogen-bond acceptors (Lipinski definition) is 5. The van der Waals surface area contributed by atoms with Gasteiger partial charge in [-0.05, 0) is 25.1 Å². The molecule has 2 heterocycles. The summed E-state index contributed by atoms with van der Waals surface area (Å²) in [7, 11) is 2.86. The van der Waals surface area contributed by atoms with Gasteiger partial charge in [0.1, 0.15) is 17.4 Å². The number of fused-ring (bicyclic) bond motifs is 4. The first-order valence-corrected chi connectivity index (χ1v) is 6.74. The smallest absolute Gasteiger partial charge is 0.318 e. The summed E-state index contributed by atoms with van der Waals surface area (Å²) in [6.45, 7) is 1.80. The van der Waals surface area contributed by atoms with Gasteiger partial charge in [0.15, 0.2) is 5.72 Å². The molecule has 0 aromatic heterocycles. The summed E-state index contributed by atoms with van der Waals surface area (Å²) in [6, 6.07) is 5.40. The summed E-state index contributed by atoms with van der Waals surface area (Å²) in [4.78, 5) is 24.2. The number of benzene rings is 1. The first kappa shape index (κ1) is 13.7. The normalized spacial score (nSPS) is 29.8. The van der Waals surface area contributed by atoms with Gasteiger partial charge in [-0.25, -0.2) is 0 Å². The predicted octanol–water partition coefficient (Wildman–Crippen LogP) is 1.20. The van der Waals surface area contributed by atoms with Crippen LogP contribution in [0, 0.1) is 5.92 Å². The van der Waals surface area contributed by atoms with Crippen molar-refractivity contribution in [3.8, 4) is 11.5 Å². The molecule has 3 rings (SSSR count). The second kappa shape index (κ2) is 4.65. The van der Waals surface area contributed by atoms with Crippen molar-refractivity contribution in [1.82, 2.24) is 5.32 Å². The molecule has 1 amide bonds. The standard InChI is InChI=1S/C15H17NO5/c1-15-7-10(12(13(17)16-15)14(18)20-3)9-6-8(19-2)4-5-11(9)21-15/h4-6,10,12H,7H2,1-3H3,(H,16,17)/t10-,12+,15-/m1/s1. The van der Waals surface area contributed by atoms with Crippen molar-refractivity contribution in [2.45, 2.75) is 25.0 Å². The molecule has 1 fully saturated rings. The van der Waals surface area contributed by atoms with Gasteiger partial charge >= 0.3 is 5.97 Å². The second-order valence-corrected chi connectivity index (χ2v) is 5.54. The number of ether oxygens (including phenoxy) is 3. The van der Waals surface area contributed by atoms with Crippen LogP contribution in [-0.4, -0.2) is 31.8 Å². The number of nitrogens with one attached hydrogen (secondary N) is 1. The highest BCUT2D eigenvalue weighted by atomic mass is 16.5. The van der Waals surface area contributed by atoms with E-state index in [9.17, 15) is 9.59 Å². The van der Waals surface area contributed by atoms with E-state index in [1.807, 2.05) is 6.07 Å². The van der Waals surface area contributed by atoms with E-state index in [0.29, 0.717) is 17.9 Å². The summed E-state index contributed by atoms with van der Waals surface area (Å²) < 4.78 is 15.9. The molecule has 0 aliphatic carbocycles. The van der Waals surface area contributed by atoms with Crippen LogP contribution in [0.2, 0.25) is 0 Å². The lowest BCUT2D eigenvalue weighted by Gasteiger charge is -2.46. The van der Waals surface area contributed by atoms with Crippen molar-refractivity contribution in [1.29, 1.82) is 0 Å². The minimum Gasteiger partial charge on any atom is -0.497 e. The molecule has 2 aliphatic heterocycles. The van der Waals surface area contributed by atoms with Crippen LogP contribution in [0.3, 0.4) is 0 Å². The first-order valence-electron chi connectivity index (χ1n) is 6.74. The Hall–Kier alpha value is -2.24. The van der Waals surface area contributed by atoms with Gasteiger partial charge in [0, 0.05) is 17.9 Å². The molecule has 1 N–H and O–H groups in total. The molecule has 1 aromatic rings. The van der Waals surface area contributed by atoms with Crippen LogP contribution in [0.5, 0.6) is 11.5 Å². The Morgan fingerprint density at radius 1 is 1.43 bits per heavy atom. The number of carbonyl (C=O) groups is 2. The highest BCUT2D eigenvalue weighted by Gasteiger charge is 2.52. The molecule has 6 heteroatoms. The van der Waals surface area contributed by atoms with Crippen molar-refractivity contribution in [2.24, 2.45) is 5.92 Å². The Bertz CT molecular complexity index is 614. The van der Waals surface area contributed by atoms with Gasteiger partial charge in [-0.1, -0.05) is 0 Å². The number of carbonyl (C=O) groups excluding carboxylic acids is 2. The van der Waals surface area contributed by atoms with E-state index in [1.54, 1.807) is 26.2 Å². The number of hydrogen-bond donors (Lipinski definition) is 1. The van der Waals surface area contributed by atoms with Crippen LogP contribution in [0.25, 0.3) is 0 Å². The maximum Gasteiger partial charge on any atom is 0.318 e. The third-order valence-electron chi connectivity index (χ3n) is 4.09. The van der Waals surface area contributed by atoms with Crippen molar-refractivity contribution in [3.05, 3.63) is 23.8 Å². The topological polar surface area (TPSA) is 73.9 Å². The third kappa shape index (κ3) is 2.11. The van der Waals surface area contributed by atoms with E-state index in [0.717, 1.165) is 5.56 Å². The maximum absolute atomic E-state index is 12.3. The van der Waals surface area contributed by atoms with Gasteiger partial charge < -0.3 is 19.5 Å². The minimum absolute atomic E-state index is 0.282. The molecule has 0 unspecified atom stereocenters. The lowest BCUT2D eigenvalue weighted by Crippen LogP contribution is -2.62. The molecule has 1 saturated heterocycles. The van der Waals surface area contributed by atoms with Crippen LogP contribution in [-0.2, 0) is 14.3 Å². The largest absolute Gasteiger partial charge is 0.497 e. The van der Waals surface area contributed by atoms with E-state index >= 15 is 0 Å². The molecule has 21 heavy (non-hydrogen) atoms. The third-order valence-corrected chi connectivity index (χ3v) is 4.09. The van der Waals surface area contributed by atoms with E-state index in [1.165, 1.54) is 7.11 Å². The number of esters is 1. The molecule has 0 radical (unpaired) electrons. The maximum atomic E-state index is 12.3. The van der Waals surface area contributed by atoms with Gasteiger partial charge in [0.05, 0.1) is 14.2 Å². The Balaban J connectivity index is 2.11. The number of amides is 1. The molecular formula is C15H17NO5. The van der Waals surface area contributed by atoms with E-state index in [4.69, 9.17) is 14.2 Å². The van der Waals surface area contributed by atoms with Gasteiger partial charge in [-0.3, -0.25) is 9.59 Å². The zero-order valence-electron chi connectivity index (χ0n) is 12.1. The molecule has 112 valence electrons. The highest BCUT2D eigenvalue weighted by molar-refractivity contribution is 6.00.